The van der Waals surface area contributed by atoms with E-state index in [1.54, 1.807) is 7.11 Å². The number of likely N-dealkylation sites (tertiary alicyclic amines) is 2. The Morgan fingerprint density at radius 3 is 1.66 bits per heavy atom. The molecule has 10 rings (SSSR count). The number of aromatic nitrogens is 4. The molecule has 2 N–H and O–H groups in total. The number of fused-ring (bicyclic) bond motifs is 4. The summed E-state index contributed by atoms with van der Waals surface area (Å²) in [5.41, 5.74) is 8.18. The summed E-state index contributed by atoms with van der Waals surface area (Å²) in [6.45, 7) is 0. The van der Waals surface area contributed by atoms with Gasteiger partial charge in [0.1, 0.15) is 11.6 Å². The summed E-state index contributed by atoms with van der Waals surface area (Å²) >= 11 is 0. The van der Waals surface area contributed by atoms with Gasteiger partial charge >= 0.3 is 0 Å². The molecule has 9 heteroatoms. The number of aromatic amines is 2. The lowest BCUT2D eigenvalue weighted by atomic mass is 9.97. The first-order valence-electron chi connectivity index (χ1n) is 20.1. The standard InChI is InChI=1S/C47H46N6O3/c1-56-44(34-10-6-3-7-11-34)47(55)53-38-23-21-36(26-38)43(53)46-49-28-40(51-46)33-18-14-31(15-19-33)30-12-16-32(17-13-30)39-27-48-45(50-39)42-35-20-22-37(25-35)52(42)41(54)24-29-8-4-2-5-9-29/h2-19,27-28,35-38,42-44H,20-26H2,1H3,(H,48,50)(H,49,51). The van der Waals surface area contributed by atoms with Gasteiger partial charge in [0.2, 0.25) is 5.91 Å². The molecule has 0 radical (unpaired) electrons. The van der Waals surface area contributed by atoms with Crippen LogP contribution in [0.1, 0.15) is 79.5 Å². The zero-order valence-corrected chi connectivity index (χ0v) is 31.6. The van der Waals surface area contributed by atoms with E-state index in [1.807, 2.05) is 73.1 Å². The predicted octanol–water partition coefficient (Wildman–Crippen LogP) is 8.87. The average molecular weight is 743 g/mol. The molecule has 7 atom stereocenters. The Kier molecular flexibility index (Phi) is 8.89. The number of hydrogen-bond donors (Lipinski definition) is 2. The van der Waals surface area contributed by atoms with E-state index >= 15 is 0 Å². The third-order valence-corrected chi connectivity index (χ3v) is 12.9. The van der Waals surface area contributed by atoms with Crippen LogP contribution in [0.2, 0.25) is 0 Å². The maximum absolute atomic E-state index is 14.0. The van der Waals surface area contributed by atoms with Crippen molar-refractivity contribution in [2.75, 3.05) is 7.11 Å². The van der Waals surface area contributed by atoms with Crippen LogP contribution >= 0.6 is 0 Å². The molecule has 2 saturated heterocycles. The highest BCUT2D eigenvalue weighted by Gasteiger charge is 2.52. The minimum Gasteiger partial charge on any atom is -0.367 e. The lowest BCUT2D eigenvalue weighted by Gasteiger charge is -2.36. The molecule has 4 bridgehead atoms. The van der Waals surface area contributed by atoms with Gasteiger partial charge in [0.05, 0.1) is 42.3 Å². The summed E-state index contributed by atoms with van der Waals surface area (Å²) in [6.07, 6.45) is 10.00. The largest absolute Gasteiger partial charge is 0.367 e. The number of H-pyrrole nitrogens is 2. The van der Waals surface area contributed by atoms with Crippen LogP contribution in [0.25, 0.3) is 33.6 Å². The molecule has 6 aromatic rings. The Morgan fingerprint density at radius 1 is 0.643 bits per heavy atom. The summed E-state index contributed by atoms with van der Waals surface area (Å²) < 4.78 is 5.77. The van der Waals surface area contributed by atoms with E-state index < -0.39 is 6.10 Å². The van der Waals surface area contributed by atoms with Crippen molar-refractivity contribution >= 4 is 11.8 Å². The van der Waals surface area contributed by atoms with Gasteiger partial charge in [-0.05, 0) is 83.7 Å². The zero-order valence-electron chi connectivity index (χ0n) is 31.6. The van der Waals surface area contributed by atoms with E-state index in [0.29, 0.717) is 24.3 Å². The van der Waals surface area contributed by atoms with Crippen LogP contribution in [-0.2, 0) is 20.7 Å². The molecule has 2 saturated carbocycles. The van der Waals surface area contributed by atoms with E-state index in [2.05, 4.69) is 68.3 Å². The molecule has 2 aromatic heterocycles. The maximum atomic E-state index is 14.0. The molecule has 282 valence electrons. The summed E-state index contributed by atoms with van der Waals surface area (Å²) in [6, 6.07) is 37.3. The van der Waals surface area contributed by atoms with E-state index in [0.717, 1.165) is 94.9 Å². The molecule has 4 heterocycles. The molecule has 4 aliphatic rings. The second kappa shape index (κ2) is 14.4. The predicted molar refractivity (Wildman–Crippen MR) is 215 cm³/mol. The van der Waals surface area contributed by atoms with Crippen LogP contribution in [0.15, 0.2) is 122 Å². The van der Waals surface area contributed by atoms with Gasteiger partial charge in [-0.15, -0.1) is 0 Å². The number of imidazole rings is 2. The highest BCUT2D eigenvalue weighted by Crippen LogP contribution is 2.52. The Labute approximate surface area is 327 Å². The molecular weight excluding hydrogens is 697 g/mol. The molecule has 2 aliphatic carbocycles. The van der Waals surface area contributed by atoms with Gasteiger partial charge in [-0.2, -0.15) is 0 Å². The molecule has 2 aliphatic heterocycles. The van der Waals surface area contributed by atoms with Gasteiger partial charge in [0, 0.05) is 19.2 Å². The van der Waals surface area contributed by atoms with Crippen LogP contribution < -0.4 is 0 Å². The minimum absolute atomic E-state index is 0.000164. The lowest BCUT2D eigenvalue weighted by Crippen LogP contribution is -2.43. The summed E-state index contributed by atoms with van der Waals surface area (Å²) in [4.78, 5) is 48.7. The SMILES string of the molecule is COC(C(=O)N1C2CCC(C2)C1c1ncc(-c2ccc(-c3ccc(-c4cnc(C5C6CCC(C6)N5C(=O)Cc5ccccc5)[nH]4)cc3)cc2)[nH]1)c1ccccc1. The molecule has 7 unspecified atom stereocenters. The number of nitrogens with zero attached hydrogens (tertiary/aromatic N) is 4. The van der Waals surface area contributed by atoms with Crippen molar-refractivity contribution < 1.29 is 14.3 Å². The molecule has 4 aromatic carbocycles. The van der Waals surface area contributed by atoms with Crippen LogP contribution in [0.3, 0.4) is 0 Å². The van der Waals surface area contributed by atoms with Crippen molar-refractivity contribution in [3.8, 4) is 33.6 Å². The number of benzene rings is 4. The molecule has 2 amide bonds. The minimum atomic E-state index is -0.633. The Morgan fingerprint density at radius 2 is 1.12 bits per heavy atom. The first-order valence-corrected chi connectivity index (χ1v) is 20.1. The fraction of sp³-hybridized carbons (Fsp3) is 0.319. The topological polar surface area (TPSA) is 107 Å². The van der Waals surface area contributed by atoms with Crippen LogP contribution in [0.4, 0.5) is 0 Å². The normalized spacial score (nSPS) is 24.2. The second-order valence-corrected chi connectivity index (χ2v) is 16.1. The maximum Gasteiger partial charge on any atom is 0.257 e. The summed E-state index contributed by atoms with van der Waals surface area (Å²) in [5, 5.41) is 0. The average Bonchev–Trinajstić information content (AvgIpc) is 4.12. The van der Waals surface area contributed by atoms with E-state index in [4.69, 9.17) is 14.7 Å². The Balaban J connectivity index is 0.826. The van der Waals surface area contributed by atoms with Gasteiger partial charge in [0.25, 0.3) is 5.91 Å². The molecule has 9 nitrogen and oxygen atoms in total. The van der Waals surface area contributed by atoms with Crippen molar-refractivity contribution in [2.45, 2.75) is 75.2 Å². The smallest absolute Gasteiger partial charge is 0.257 e. The fourth-order valence-electron chi connectivity index (χ4n) is 10.3. The van der Waals surface area contributed by atoms with Crippen LogP contribution in [0.5, 0.6) is 0 Å². The third-order valence-electron chi connectivity index (χ3n) is 12.9. The number of piperidine rings is 2. The first kappa shape index (κ1) is 34.7. The molecule has 56 heavy (non-hydrogen) atoms. The number of carbonyl (C=O) groups excluding carboxylic acids is 2. The number of methoxy groups -OCH3 is 1. The van der Waals surface area contributed by atoms with Gasteiger partial charge in [-0.25, -0.2) is 9.97 Å². The van der Waals surface area contributed by atoms with E-state index in [-0.39, 0.29) is 29.9 Å². The quantitative estimate of drug-likeness (QED) is 0.146. The molecular formula is C47H46N6O3. The zero-order chi connectivity index (χ0) is 37.8. The number of carbonyl (C=O) groups is 2. The van der Waals surface area contributed by atoms with Gasteiger partial charge in [0.15, 0.2) is 6.10 Å². The number of nitrogens with one attached hydrogen (secondary N) is 2. The summed E-state index contributed by atoms with van der Waals surface area (Å²) in [5.74, 6) is 2.77. The van der Waals surface area contributed by atoms with Crippen LogP contribution in [-0.4, -0.2) is 60.7 Å². The van der Waals surface area contributed by atoms with Gasteiger partial charge in [-0.1, -0.05) is 109 Å². The fourth-order valence-corrected chi connectivity index (χ4v) is 10.3. The second-order valence-electron chi connectivity index (χ2n) is 16.1. The Hall–Kier alpha value is -5.80. The van der Waals surface area contributed by atoms with Crippen molar-refractivity contribution in [2.24, 2.45) is 11.8 Å². The third kappa shape index (κ3) is 6.14. The van der Waals surface area contributed by atoms with Crippen molar-refractivity contribution in [1.82, 2.24) is 29.7 Å². The Bertz CT molecular complexity index is 2340. The first-order chi connectivity index (χ1) is 27.5. The van der Waals surface area contributed by atoms with E-state index in [9.17, 15) is 9.59 Å². The van der Waals surface area contributed by atoms with Gasteiger partial charge < -0.3 is 24.5 Å². The number of rotatable bonds is 10. The highest BCUT2D eigenvalue weighted by molar-refractivity contribution is 5.84. The monoisotopic (exact) mass is 742 g/mol. The van der Waals surface area contributed by atoms with Crippen molar-refractivity contribution in [1.29, 1.82) is 0 Å². The highest BCUT2D eigenvalue weighted by atomic mass is 16.5. The number of ether oxygens (including phenoxy) is 1. The number of hydrogen-bond acceptors (Lipinski definition) is 5. The van der Waals surface area contributed by atoms with Gasteiger partial charge in [-0.3, -0.25) is 9.59 Å². The van der Waals surface area contributed by atoms with Crippen molar-refractivity contribution in [3.63, 3.8) is 0 Å². The van der Waals surface area contributed by atoms with E-state index in [1.165, 1.54) is 0 Å². The van der Waals surface area contributed by atoms with Crippen LogP contribution in [0, 0.1) is 11.8 Å². The van der Waals surface area contributed by atoms with Crippen molar-refractivity contribution in [3.05, 3.63) is 144 Å². The summed E-state index contributed by atoms with van der Waals surface area (Å²) in [7, 11) is 1.61. The number of amides is 2. The lowest BCUT2D eigenvalue weighted by molar-refractivity contribution is -0.147. The molecule has 0 spiro atoms. The molecule has 4 fully saturated rings.